The van der Waals surface area contributed by atoms with Gasteiger partial charge in [0.15, 0.2) is 5.60 Å². The number of carbonyl (C=O) groups excluding carboxylic acids is 1. The summed E-state index contributed by atoms with van der Waals surface area (Å²) in [6.07, 6.45) is 0.701. The van der Waals surface area contributed by atoms with E-state index in [9.17, 15) is 18.9 Å². The van der Waals surface area contributed by atoms with Crippen LogP contribution < -0.4 is 11.3 Å². The third-order valence-electron chi connectivity index (χ3n) is 6.72. The van der Waals surface area contributed by atoms with Gasteiger partial charge in [0.1, 0.15) is 6.61 Å². The lowest BCUT2D eigenvalue weighted by atomic mass is 9.86. The number of hydrogen-bond acceptors (Lipinski definition) is 7. The number of fused-ring (bicyclic) bond motifs is 5. The lowest BCUT2D eigenvalue weighted by Gasteiger charge is -2.31. The van der Waals surface area contributed by atoms with Crippen molar-refractivity contribution in [1.82, 2.24) is 9.55 Å². The van der Waals surface area contributed by atoms with Gasteiger partial charge < -0.3 is 20.1 Å². The maximum atomic E-state index is 13.3. The summed E-state index contributed by atoms with van der Waals surface area (Å²) in [5.41, 5.74) is 8.89. The smallest absolute Gasteiger partial charge is 0.343 e. The Morgan fingerprint density at radius 2 is 2.10 bits per heavy atom. The van der Waals surface area contributed by atoms with E-state index in [-0.39, 0.29) is 18.6 Å². The van der Waals surface area contributed by atoms with Crippen LogP contribution >= 0.6 is 0 Å². The van der Waals surface area contributed by atoms with Gasteiger partial charge in [-0.25, -0.2) is 9.78 Å². The average Bonchev–Trinajstić information content (AvgIpc) is 3.13. The topological polar surface area (TPSA) is 125 Å². The number of pyridine rings is 2. The Morgan fingerprint density at radius 3 is 2.87 bits per heavy atom. The Bertz CT molecular complexity index is 1440. The highest BCUT2D eigenvalue weighted by molar-refractivity contribution is 7.85. The zero-order chi connectivity index (χ0) is 21.7. The molecule has 2 atom stereocenters. The summed E-state index contributed by atoms with van der Waals surface area (Å²) in [5.74, 6) is -0.277. The first kappa shape index (κ1) is 18.7. The van der Waals surface area contributed by atoms with Gasteiger partial charge in [0.05, 0.1) is 44.7 Å². The molecule has 158 valence electrons. The molecular formula is C22H19N3O5S. The Kier molecular flexibility index (Phi) is 3.63. The molecule has 3 aromatic rings. The maximum Gasteiger partial charge on any atom is 0.343 e. The lowest BCUT2D eigenvalue weighted by molar-refractivity contribution is -0.172. The summed E-state index contributed by atoms with van der Waals surface area (Å²) in [6, 6.07) is 5.22. The van der Waals surface area contributed by atoms with Gasteiger partial charge in [-0.3, -0.25) is 9.00 Å². The summed E-state index contributed by atoms with van der Waals surface area (Å²) in [5, 5.41) is 11.8. The zero-order valence-electron chi connectivity index (χ0n) is 16.7. The minimum atomic E-state index is -1.85. The van der Waals surface area contributed by atoms with Crippen molar-refractivity contribution in [2.45, 2.75) is 43.4 Å². The Labute approximate surface area is 179 Å². The van der Waals surface area contributed by atoms with Crippen LogP contribution in [-0.2, 0) is 45.5 Å². The van der Waals surface area contributed by atoms with E-state index in [0.29, 0.717) is 57.3 Å². The van der Waals surface area contributed by atoms with Gasteiger partial charge in [-0.15, -0.1) is 0 Å². The predicted molar refractivity (Wildman–Crippen MR) is 114 cm³/mol. The molecule has 31 heavy (non-hydrogen) atoms. The van der Waals surface area contributed by atoms with E-state index in [0.717, 1.165) is 16.5 Å². The third kappa shape index (κ3) is 2.22. The van der Waals surface area contributed by atoms with Crippen LogP contribution in [0.15, 0.2) is 27.9 Å². The van der Waals surface area contributed by atoms with E-state index in [2.05, 4.69) is 0 Å². The average molecular weight is 437 g/mol. The monoisotopic (exact) mass is 437 g/mol. The Morgan fingerprint density at radius 1 is 1.29 bits per heavy atom. The fraction of sp³-hybridized carbons (Fsp3) is 0.318. The molecule has 0 spiro atoms. The number of esters is 1. The number of nitrogen functional groups attached to an aromatic ring is 1. The van der Waals surface area contributed by atoms with Crippen LogP contribution in [0.2, 0.25) is 0 Å². The highest BCUT2D eigenvalue weighted by Gasteiger charge is 2.45. The minimum absolute atomic E-state index is 0.0967. The van der Waals surface area contributed by atoms with Gasteiger partial charge in [0.2, 0.25) is 0 Å². The van der Waals surface area contributed by atoms with Crippen LogP contribution in [0.25, 0.3) is 22.3 Å². The summed E-state index contributed by atoms with van der Waals surface area (Å²) < 4.78 is 19.4. The molecule has 6 rings (SSSR count). The molecule has 9 heteroatoms. The number of hydrogen-bond donors (Lipinski definition) is 2. The second-order valence-electron chi connectivity index (χ2n) is 8.20. The summed E-state index contributed by atoms with van der Waals surface area (Å²) in [6.45, 7) is 1.85. The first-order valence-corrected chi connectivity index (χ1v) is 11.5. The third-order valence-corrected chi connectivity index (χ3v) is 8.19. The number of benzene rings is 1. The predicted octanol–water partition coefficient (Wildman–Crippen LogP) is 1.33. The van der Waals surface area contributed by atoms with E-state index < -0.39 is 22.4 Å². The number of rotatable bonds is 1. The number of anilines is 1. The van der Waals surface area contributed by atoms with Crippen LogP contribution in [0.1, 0.15) is 35.6 Å². The van der Waals surface area contributed by atoms with Crippen molar-refractivity contribution in [3.63, 3.8) is 0 Å². The Hall–Kier alpha value is -3.04. The van der Waals surface area contributed by atoms with Crippen molar-refractivity contribution in [2.24, 2.45) is 0 Å². The molecule has 1 aromatic carbocycles. The van der Waals surface area contributed by atoms with Gasteiger partial charge >= 0.3 is 5.97 Å². The van der Waals surface area contributed by atoms with Crippen molar-refractivity contribution >= 4 is 33.4 Å². The molecule has 0 saturated carbocycles. The number of aliphatic hydroxyl groups is 1. The zero-order valence-corrected chi connectivity index (χ0v) is 17.5. The molecule has 2 aromatic heterocycles. The number of nitrogens with zero attached hydrogens (tertiary/aromatic N) is 2. The van der Waals surface area contributed by atoms with Gasteiger partial charge in [-0.05, 0) is 36.6 Å². The molecule has 0 bridgehead atoms. The van der Waals surface area contributed by atoms with Crippen LogP contribution in [0.5, 0.6) is 0 Å². The molecule has 0 radical (unpaired) electrons. The fourth-order valence-electron chi connectivity index (χ4n) is 5.07. The number of ether oxygens (including phenoxy) is 1. The number of cyclic esters (lactones) is 1. The van der Waals surface area contributed by atoms with E-state index in [1.807, 2.05) is 0 Å². The molecular weight excluding hydrogens is 418 g/mol. The molecule has 0 saturated heterocycles. The first-order valence-electron chi connectivity index (χ1n) is 10.1. The van der Waals surface area contributed by atoms with Gasteiger partial charge in [0.25, 0.3) is 5.56 Å². The van der Waals surface area contributed by atoms with Crippen molar-refractivity contribution in [1.29, 1.82) is 0 Å². The van der Waals surface area contributed by atoms with Gasteiger partial charge in [0, 0.05) is 28.0 Å². The van der Waals surface area contributed by atoms with Crippen LogP contribution in [0, 0.1) is 0 Å². The van der Waals surface area contributed by atoms with Crippen molar-refractivity contribution in [3.05, 3.63) is 50.8 Å². The van der Waals surface area contributed by atoms with E-state index in [1.165, 1.54) is 0 Å². The molecule has 1 unspecified atom stereocenters. The van der Waals surface area contributed by atoms with Crippen molar-refractivity contribution < 1.29 is 18.8 Å². The molecule has 5 heterocycles. The van der Waals surface area contributed by atoms with Crippen LogP contribution in [0.3, 0.4) is 0 Å². The fourth-order valence-corrected chi connectivity index (χ4v) is 6.45. The highest BCUT2D eigenvalue weighted by atomic mass is 32.2. The summed E-state index contributed by atoms with van der Waals surface area (Å²) in [4.78, 5) is 31.1. The number of nitrogens with two attached hydrogens (primary N) is 1. The van der Waals surface area contributed by atoms with Crippen LogP contribution in [0.4, 0.5) is 5.69 Å². The lowest BCUT2D eigenvalue weighted by Crippen LogP contribution is -2.44. The van der Waals surface area contributed by atoms with E-state index >= 15 is 0 Å². The second-order valence-corrected chi connectivity index (χ2v) is 9.71. The normalized spacial score (nSPS) is 23.3. The maximum absolute atomic E-state index is 13.3. The van der Waals surface area contributed by atoms with Gasteiger partial charge in [-0.2, -0.15) is 0 Å². The number of aromatic nitrogens is 2. The molecule has 0 amide bonds. The van der Waals surface area contributed by atoms with Gasteiger partial charge in [-0.1, -0.05) is 6.92 Å². The van der Waals surface area contributed by atoms with Crippen LogP contribution in [-0.4, -0.2) is 30.6 Å². The number of aryl methyl sites for hydroxylation is 1. The molecule has 0 aliphatic carbocycles. The Balaban J connectivity index is 1.68. The quantitative estimate of drug-likeness (QED) is 0.340. The SMILES string of the molecule is CC[C@@]1(O)C(=O)OCc2c1cc1n(c2=O)Cc2c-1nc1ccc(N)c3c1c2CCS3=O. The van der Waals surface area contributed by atoms with E-state index in [4.69, 9.17) is 15.5 Å². The largest absolute Gasteiger partial charge is 0.458 e. The number of carbonyl (C=O) groups is 1. The molecule has 3 N–H and O–H groups in total. The minimum Gasteiger partial charge on any atom is -0.458 e. The first-order chi connectivity index (χ1) is 14.8. The molecule has 0 fully saturated rings. The summed E-state index contributed by atoms with van der Waals surface area (Å²) >= 11 is 0. The molecule has 3 aliphatic heterocycles. The van der Waals surface area contributed by atoms with Crippen molar-refractivity contribution in [2.75, 3.05) is 11.5 Å². The van der Waals surface area contributed by atoms with E-state index in [1.54, 1.807) is 29.7 Å². The molecule has 3 aliphatic rings. The summed E-state index contributed by atoms with van der Waals surface area (Å²) in [7, 11) is -1.19. The van der Waals surface area contributed by atoms with Crippen molar-refractivity contribution in [3.8, 4) is 11.4 Å². The standard InChI is InChI=1S/C22H19N3O5S/c1-2-22(28)13-7-16-18-11(8-25(16)20(26)12(13)9-30-21(22)27)10-5-6-31(29)19-14(23)3-4-15(24-18)17(10)19/h3-4,7,28H,2,5-6,8-9,23H2,1H3/t22-,31?/m0/s1. The molecule has 8 nitrogen and oxygen atoms in total. The highest BCUT2D eigenvalue weighted by Crippen LogP contribution is 2.43. The second kappa shape index (κ2) is 6.02.